The minimum atomic E-state index is -0.971. The van der Waals surface area contributed by atoms with Crippen LogP contribution in [0.5, 0.6) is 0 Å². The van der Waals surface area contributed by atoms with Gasteiger partial charge in [0.15, 0.2) is 0 Å². The second-order valence-corrected chi connectivity index (χ2v) is 4.23. The number of hydrogen-bond acceptors (Lipinski definition) is 5. The molecule has 0 saturated carbocycles. The quantitative estimate of drug-likeness (QED) is 0.925. The van der Waals surface area contributed by atoms with Crippen molar-refractivity contribution in [3.8, 4) is 0 Å². The molecular formula is C14H11N3O3. The highest BCUT2D eigenvalue weighted by Crippen LogP contribution is 2.30. The van der Waals surface area contributed by atoms with Crippen molar-refractivity contribution in [1.82, 2.24) is 4.98 Å². The molecule has 20 heavy (non-hydrogen) atoms. The maximum absolute atomic E-state index is 11.0. The zero-order chi connectivity index (χ0) is 13.9. The van der Waals surface area contributed by atoms with Gasteiger partial charge < -0.3 is 9.94 Å². The molecule has 1 atom stereocenters. The number of aromatic nitrogens is 1. The monoisotopic (exact) mass is 269 g/mol. The van der Waals surface area contributed by atoms with E-state index in [4.69, 9.17) is 9.94 Å². The van der Waals surface area contributed by atoms with Gasteiger partial charge in [0.05, 0.1) is 5.56 Å². The normalized spacial score (nSPS) is 17.0. The maximum atomic E-state index is 11.0. The number of anilines is 1. The fourth-order valence-electron chi connectivity index (χ4n) is 1.99. The van der Waals surface area contributed by atoms with Crippen LogP contribution in [0.1, 0.15) is 22.1 Å². The van der Waals surface area contributed by atoms with Gasteiger partial charge >= 0.3 is 5.97 Å². The summed E-state index contributed by atoms with van der Waals surface area (Å²) in [4.78, 5) is 22.1. The van der Waals surface area contributed by atoms with E-state index in [0.29, 0.717) is 5.69 Å². The van der Waals surface area contributed by atoms with E-state index in [-0.39, 0.29) is 5.56 Å². The molecule has 0 fully saturated rings. The maximum Gasteiger partial charge on any atom is 0.335 e. The van der Waals surface area contributed by atoms with Crippen molar-refractivity contribution in [2.24, 2.45) is 5.16 Å². The third-order valence-electron chi connectivity index (χ3n) is 2.95. The first kappa shape index (κ1) is 12.2. The van der Waals surface area contributed by atoms with Gasteiger partial charge in [-0.25, -0.2) is 4.79 Å². The van der Waals surface area contributed by atoms with Crippen LogP contribution < -0.4 is 4.90 Å². The Labute approximate surface area is 114 Å². The lowest BCUT2D eigenvalue weighted by Crippen LogP contribution is -2.23. The Bertz CT molecular complexity index is 658. The molecule has 2 aromatic rings. The Kier molecular flexibility index (Phi) is 3.04. The Morgan fingerprint density at radius 3 is 2.95 bits per heavy atom. The van der Waals surface area contributed by atoms with Crippen LogP contribution in [0.15, 0.2) is 53.9 Å². The van der Waals surface area contributed by atoms with E-state index in [1.165, 1.54) is 6.34 Å². The molecule has 1 aliphatic heterocycles. The predicted octanol–water partition coefficient (Wildman–Crippen LogP) is 2.26. The Balaban J connectivity index is 1.94. The SMILES string of the molecule is O=C(O)c1cccc(N2C=NOC2c2cccnc2)c1. The first-order valence-corrected chi connectivity index (χ1v) is 5.96. The van der Waals surface area contributed by atoms with Crippen LogP contribution in [0.3, 0.4) is 0 Å². The summed E-state index contributed by atoms with van der Waals surface area (Å²) in [7, 11) is 0. The van der Waals surface area contributed by atoms with Crippen LogP contribution in [0.25, 0.3) is 0 Å². The third kappa shape index (κ3) is 2.18. The second-order valence-electron chi connectivity index (χ2n) is 4.23. The van der Waals surface area contributed by atoms with E-state index in [0.717, 1.165) is 5.56 Å². The van der Waals surface area contributed by atoms with Crippen LogP contribution in [-0.4, -0.2) is 22.4 Å². The minimum Gasteiger partial charge on any atom is -0.478 e. The topological polar surface area (TPSA) is 75.0 Å². The lowest BCUT2D eigenvalue weighted by Gasteiger charge is -2.22. The lowest BCUT2D eigenvalue weighted by molar-refractivity contribution is 0.0696. The van der Waals surface area contributed by atoms with Gasteiger partial charge in [0.1, 0.15) is 6.34 Å². The number of hydrogen-bond donors (Lipinski definition) is 1. The van der Waals surface area contributed by atoms with Crippen molar-refractivity contribution < 1.29 is 14.7 Å². The number of carbonyl (C=O) groups is 1. The molecule has 3 rings (SSSR count). The highest BCUT2D eigenvalue weighted by Gasteiger charge is 2.26. The van der Waals surface area contributed by atoms with E-state index in [1.807, 2.05) is 12.1 Å². The molecule has 1 unspecified atom stereocenters. The van der Waals surface area contributed by atoms with E-state index in [9.17, 15) is 4.79 Å². The van der Waals surface area contributed by atoms with Gasteiger partial charge in [-0.15, -0.1) is 0 Å². The molecule has 0 bridgehead atoms. The summed E-state index contributed by atoms with van der Waals surface area (Å²) < 4.78 is 0. The number of pyridine rings is 1. The Morgan fingerprint density at radius 1 is 1.30 bits per heavy atom. The summed E-state index contributed by atoms with van der Waals surface area (Å²) in [6, 6.07) is 10.3. The van der Waals surface area contributed by atoms with Gasteiger partial charge in [0.2, 0.25) is 6.23 Å². The number of aromatic carboxylic acids is 1. The van der Waals surface area contributed by atoms with Gasteiger partial charge in [0.25, 0.3) is 0 Å². The summed E-state index contributed by atoms with van der Waals surface area (Å²) in [6.45, 7) is 0. The minimum absolute atomic E-state index is 0.215. The molecular weight excluding hydrogens is 258 g/mol. The molecule has 100 valence electrons. The first-order chi connectivity index (χ1) is 9.75. The zero-order valence-corrected chi connectivity index (χ0v) is 10.4. The average Bonchev–Trinajstić information content (AvgIpc) is 2.98. The van der Waals surface area contributed by atoms with Crippen LogP contribution in [0.4, 0.5) is 5.69 Å². The summed E-state index contributed by atoms with van der Waals surface area (Å²) in [6.07, 6.45) is 4.45. The van der Waals surface area contributed by atoms with Crippen LogP contribution in [0, 0.1) is 0 Å². The number of benzene rings is 1. The molecule has 1 aliphatic rings. The molecule has 6 heteroatoms. The largest absolute Gasteiger partial charge is 0.478 e. The summed E-state index contributed by atoms with van der Waals surface area (Å²) in [5.41, 5.74) is 1.75. The molecule has 0 spiro atoms. The van der Waals surface area contributed by atoms with Gasteiger partial charge in [0, 0.05) is 23.6 Å². The van der Waals surface area contributed by atoms with Crippen LogP contribution in [0.2, 0.25) is 0 Å². The number of nitrogens with zero attached hydrogens (tertiary/aromatic N) is 3. The smallest absolute Gasteiger partial charge is 0.335 e. The first-order valence-electron chi connectivity index (χ1n) is 5.96. The third-order valence-corrected chi connectivity index (χ3v) is 2.95. The van der Waals surface area contributed by atoms with Gasteiger partial charge in [-0.3, -0.25) is 9.88 Å². The molecule has 0 amide bonds. The van der Waals surface area contributed by atoms with Crippen molar-refractivity contribution in [2.45, 2.75) is 6.23 Å². The summed E-state index contributed by atoms with van der Waals surface area (Å²) in [5.74, 6) is -0.971. The highest BCUT2D eigenvalue weighted by molar-refractivity contribution is 5.90. The van der Waals surface area contributed by atoms with E-state index < -0.39 is 12.2 Å². The summed E-state index contributed by atoms with van der Waals surface area (Å²) in [5, 5.41) is 12.8. The van der Waals surface area contributed by atoms with Crippen molar-refractivity contribution in [2.75, 3.05) is 4.90 Å². The fraction of sp³-hybridized carbons (Fsp3) is 0.0714. The molecule has 1 N–H and O–H groups in total. The van der Waals surface area contributed by atoms with Gasteiger partial charge in [-0.2, -0.15) is 0 Å². The number of carboxylic acid groups (broad SMARTS) is 1. The van der Waals surface area contributed by atoms with Crippen LogP contribution in [-0.2, 0) is 4.84 Å². The zero-order valence-electron chi connectivity index (χ0n) is 10.4. The Hall–Kier alpha value is -2.89. The average molecular weight is 269 g/mol. The lowest BCUT2D eigenvalue weighted by atomic mass is 10.1. The Morgan fingerprint density at radius 2 is 2.20 bits per heavy atom. The molecule has 1 aromatic carbocycles. The number of carboxylic acids is 1. The number of rotatable bonds is 3. The van der Waals surface area contributed by atoms with E-state index >= 15 is 0 Å². The van der Waals surface area contributed by atoms with Crippen molar-refractivity contribution >= 4 is 18.0 Å². The molecule has 0 aliphatic carbocycles. The van der Waals surface area contributed by atoms with Crippen molar-refractivity contribution in [3.05, 3.63) is 59.9 Å². The molecule has 1 aromatic heterocycles. The molecule has 2 heterocycles. The highest BCUT2D eigenvalue weighted by atomic mass is 16.7. The second kappa shape index (κ2) is 5.00. The van der Waals surface area contributed by atoms with Crippen molar-refractivity contribution in [3.63, 3.8) is 0 Å². The van der Waals surface area contributed by atoms with Crippen LogP contribution >= 0.6 is 0 Å². The number of oxime groups is 1. The van der Waals surface area contributed by atoms with E-state index in [2.05, 4.69) is 10.1 Å². The molecule has 0 saturated heterocycles. The van der Waals surface area contributed by atoms with Gasteiger partial charge in [-0.1, -0.05) is 17.3 Å². The van der Waals surface area contributed by atoms with Gasteiger partial charge in [-0.05, 0) is 24.3 Å². The molecule has 0 radical (unpaired) electrons. The van der Waals surface area contributed by atoms with Crippen molar-refractivity contribution in [1.29, 1.82) is 0 Å². The predicted molar refractivity (Wildman–Crippen MR) is 72.4 cm³/mol. The molecule has 6 nitrogen and oxygen atoms in total. The summed E-state index contributed by atoms with van der Waals surface area (Å²) >= 11 is 0. The fourth-order valence-corrected chi connectivity index (χ4v) is 1.99. The van der Waals surface area contributed by atoms with E-state index in [1.54, 1.807) is 41.6 Å². The standard InChI is InChI=1S/C14H11N3O3/c18-14(19)10-3-1-5-12(7-10)17-9-16-20-13(17)11-4-2-6-15-8-11/h1-9,13H,(H,18,19).